The number of nitrogens with zero attached hydrogens (tertiary/aromatic N) is 2. The summed E-state index contributed by atoms with van der Waals surface area (Å²) < 4.78 is 5.46. The molecule has 3 N–H and O–H groups in total. The van der Waals surface area contributed by atoms with Crippen LogP contribution < -0.4 is 11.3 Å². The second-order valence-electron chi connectivity index (χ2n) is 7.00. The minimum absolute atomic E-state index is 0.0761. The van der Waals surface area contributed by atoms with Crippen LogP contribution in [0.4, 0.5) is 0 Å². The normalized spacial score (nSPS) is 20.1. The molecule has 1 aromatic carbocycles. The molecule has 1 fully saturated rings. The van der Waals surface area contributed by atoms with Gasteiger partial charge in [0.1, 0.15) is 5.82 Å². The van der Waals surface area contributed by atoms with E-state index < -0.39 is 5.91 Å². The first kappa shape index (κ1) is 16.9. The number of primary amides is 1. The first-order chi connectivity index (χ1) is 12.6. The lowest BCUT2D eigenvalue weighted by atomic mass is 10.0. The molecule has 0 radical (unpaired) electrons. The molecule has 0 spiro atoms. The molecule has 7 nitrogen and oxygen atoms in total. The van der Waals surface area contributed by atoms with Crippen LogP contribution in [-0.4, -0.2) is 47.1 Å². The number of benzene rings is 1. The number of nitrogens with one attached hydrogen (secondary N) is 1. The number of nitrogens with two attached hydrogens (primary N) is 1. The van der Waals surface area contributed by atoms with Crippen LogP contribution in [0.15, 0.2) is 29.1 Å². The second-order valence-corrected chi connectivity index (χ2v) is 7.00. The van der Waals surface area contributed by atoms with Gasteiger partial charge in [0.25, 0.3) is 5.56 Å². The van der Waals surface area contributed by atoms with Gasteiger partial charge in [0.05, 0.1) is 12.3 Å². The quantitative estimate of drug-likeness (QED) is 0.851. The van der Waals surface area contributed by atoms with Crippen molar-refractivity contribution in [3.05, 3.63) is 51.4 Å². The highest BCUT2D eigenvalue weighted by Gasteiger charge is 2.25. The summed E-state index contributed by atoms with van der Waals surface area (Å²) in [6.45, 7) is 4.21. The summed E-state index contributed by atoms with van der Waals surface area (Å²) in [5.74, 6) is 0.616. The molecule has 1 atom stereocenters. The Morgan fingerprint density at radius 3 is 2.85 bits per heavy atom. The predicted octanol–water partition coefficient (Wildman–Crippen LogP) is 0.930. The Morgan fingerprint density at radius 2 is 2.15 bits per heavy atom. The number of fused-ring (bicyclic) bond motifs is 1. The zero-order valence-electron chi connectivity index (χ0n) is 14.5. The summed E-state index contributed by atoms with van der Waals surface area (Å²) >= 11 is 0. The highest BCUT2D eigenvalue weighted by atomic mass is 16.5. The van der Waals surface area contributed by atoms with Gasteiger partial charge in [-0.3, -0.25) is 14.5 Å². The van der Waals surface area contributed by atoms with Gasteiger partial charge in [-0.15, -0.1) is 0 Å². The monoisotopic (exact) mass is 354 g/mol. The van der Waals surface area contributed by atoms with Crippen LogP contribution in [0.1, 0.15) is 28.0 Å². The number of aromatic amines is 1. The third kappa shape index (κ3) is 3.40. The number of carbonyl (C=O) groups is 1. The molecule has 0 aliphatic carbocycles. The van der Waals surface area contributed by atoms with Crippen molar-refractivity contribution in [3.8, 4) is 11.4 Å². The second kappa shape index (κ2) is 7.01. The largest absolute Gasteiger partial charge is 0.381 e. The molecule has 1 aromatic heterocycles. The third-order valence-electron chi connectivity index (χ3n) is 5.14. The maximum Gasteiger partial charge on any atom is 0.254 e. The zero-order chi connectivity index (χ0) is 18.1. The topological polar surface area (TPSA) is 101 Å². The van der Waals surface area contributed by atoms with Gasteiger partial charge in [-0.2, -0.15) is 0 Å². The molecular formula is C19H22N4O3. The van der Waals surface area contributed by atoms with Crippen LogP contribution in [0.3, 0.4) is 0 Å². The number of ether oxygens (including phenoxy) is 1. The lowest BCUT2D eigenvalue weighted by Gasteiger charge is -2.29. The van der Waals surface area contributed by atoms with Crippen molar-refractivity contribution in [2.75, 3.05) is 26.3 Å². The molecule has 3 heterocycles. The highest BCUT2D eigenvalue weighted by molar-refractivity contribution is 5.93. The maximum atomic E-state index is 12.5. The SMILES string of the molecule is NC(=O)c1ccc(-c2nc3c(c(=O)[nH]2)CCN(CC2CCOC2)C3)cc1. The standard InChI is InChI=1S/C19H22N4O3/c20-17(24)13-1-3-14(4-2-13)18-21-16-10-23(9-12-6-8-26-11-12)7-5-15(16)19(25)22-18/h1-4,12H,5-11H2,(H2,20,24)(H,21,22,25). The predicted molar refractivity (Wildman–Crippen MR) is 96.7 cm³/mol. The molecule has 26 heavy (non-hydrogen) atoms. The van der Waals surface area contributed by atoms with Gasteiger partial charge in [0.15, 0.2) is 0 Å². The van der Waals surface area contributed by atoms with Crippen LogP contribution in [0, 0.1) is 5.92 Å². The fourth-order valence-electron chi connectivity index (χ4n) is 3.67. The third-order valence-corrected chi connectivity index (χ3v) is 5.14. The van der Waals surface area contributed by atoms with Crippen LogP contribution in [0.25, 0.3) is 11.4 Å². The van der Waals surface area contributed by atoms with Crippen molar-refractivity contribution in [2.24, 2.45) is 11.7 Å². The van der Waals surface area contributed by atoms with E-state index in [-0.39, 0.29) is 5.56 Å². The van der Waals surface area contributed by atoms with Crippen molar-refractivity contribution in [1.29, 1.82) is 0 Å². The molecule has 1 saturated heterocycles. The van der Waals surface area contributed by atoms with Crippen LogP contribution in [0.5, 0.6) is 0 Å². The van der Waals surface area contributed by atoms with Crippen LogP contribution >= 0.6 is 0 Å². The lowest BCUT2D eigenvalue weighted by Crippen LogP contribution is -2.38. The molecule has 2 aliphatic rings. The maximum absolute atomic E-state index is 12.5. The van der Waals surface area contributed by atoms with Gasteiger partial charge in [-0.05, 0) is 30.9 Å². The Balaban J connectivity index is 1.58. The Hall–Kier alpha value is -2.51. The minimum Gasteiger partial charge on any atom is -0.381 e. The Morgan fingerprint density at radius 1 is 1.35 bits per heavy atom. The summed E-state index contributed by atoms with van der Waals surface area (Å²) in [5, 5.41) is 0. The average molecular weight is 354 g/mol. The first-order valence-electron chi connectivity index (χ1n) is 8.92. The number of H-pyrrole nitrogens is 1. The Kier molecular flexibility index (Phi) is 4.57. The molecule has 2 aliphatic heterocycles. The Bertz CT molecular complexity index is 869. The minimum atomic E-state index is -0.477. The van der Waals surface area contributed by atoms with Gasteiger partial charge < -0.3 is 15.5 Å². The van der Waals surface area contributed by atoms with Crippen molar-refractivity contribution in [1.82, 2.24) is 14.9 Å². The number of hydrogen-bond donors (Lipinski definition) is 2. The van der Waals surface area contributed by atoms with Crippen molar-refractivity contribution in [3.63, 3.8) is 0 Å². The average Bonchev–Trinajstić information content (AvgIpc) is 3.14. The van der Waals surface area contributed by atoms with E-state index in [0.717, 1.165) is 49.5 Å². The molecule has 1 unspecified atom stereocenters. The van der Waals surface area contributed by atoms with E-state index in [0.29, 0.717) is 30.3 Å². The summed E-state index contributed by atoms with van der Waals surface area (Å²) in [5.41, 5.74) is 8.01. The van der Waals surface area contributed by atoms with Gasteiger partial charge in [0, 0.05) is 42.9 Å². The van der Waals surface area contributed by atoms with Gasteiger partial charge >= 0.3 is 0 Å². The molecule has 0 bridgehead atoms. The molecule has 7 heteroatoms. The molecule has 0 saturated carbocycles. The summed E-state index contributed by atoms with van der Waals surface area (Å²) in [4.78, 5) is 33.6. The number of rotatable bonds is 4. The van der Waals surface area contributed by atoms with Gasteiger partial charge in [0.2, 0.25) is 5.91 Å². The van der Waals surface area contributed by atoms with Crippen LogP contribution in [0.2, 0.25) is 0 Å². The van der Waals surface area contributed by atoms with Crippen molar-refractivity contribution in [2.45, 2.75) is 19.4 Å². The number of amides is 1. The fourth-order valence-corrected chi connectivity index (χ4v) is 3.67. The summed E-state index contributed by atoms with van der Waals surface area (Å²) in [6.07, 6.45) is 1.82. The van der Waals surface area contributed by atoms with E-state index in [9.17, 15) is 9.59 Å². The molecule has 136 valence electrons. The summed E-state index contributed by atoms with van der Waals surface area (Å²) in [6, 6.07) is 6.79. The van der Waals surface area contributed by atoms with E-state index in [1.165, 1.54) is 0 Å². The molecule has 4 rings (SSSR count). The van der Waals surface area contributed by atoms with Crippen molar-refractivity contribution < 1.29 is 9.53 Å². The lowest BCUT2D eigenvalue weighted by molar-refractivity contribution is 0.100. The van der Waals surface area contributed by atoms with Gasteiger partial charge in [-0.25, -0.2) is 4.98 Å². The first-order valence-corrected chi connectivity index (χ1v) is 8.92. The number of hydrogen-bond acceptors (Lipinski definition) is 5. The van der Waals surface area contributed by atoms with E-state index in [1.54, 1.807) is 24.3 Å². The van der Waals surface area contributed by atoms with E-state index >= 15 is 0 Å². The Labute approximate surface area is 151 Å². The zero-order valence-corrected chi connectivity index (χ0v) is 14.5. The number of carbonyl (C=O) groups excluding carboxylic acids is 1. The van der Waals surface area contributed by atoms with Gasteiger partial charge in [-0.1, -0.05) is 12.1 Å². The van der Waals surface area contributed by atoms with E-state index in [2.05, 4.69) is 9.88 Å². The van der Waals surface area contributed by atoms with Crippen LogP contribution in [-0.2, 0) is 17.7 Å². The summed E-state index contributed by atoms with van der Waals surface area (Å²) in [7, 11) is 0. The fraction of sp³-hybridized carbons (Fsp3) is 0.421. The smallest absolute Gasteiger partial charge is 0.254 e. The molecular weight excluding hydrogens is 332 g/mol. The van der Waals surface area contributed by atoms with E-state index in [4.69, 9.17) is 15.5 Å². The highest BCUT2D eigenvalue weighted by Crippen LogP contribution is 2.21. The molecule has 2 aromatic rings. The molecule has 1 amide bonds. The van der Waals surface area contributed by atoms with E-state index in [1.807, 2.05) is 0 Å². The van der Waals surface area contributed by atoms with Crippen molar-refractivity contribution >= 4 is 5.91 Å². The number of aromatic nitrogens is 2.